The summed E-state index contributed by atoms with van der Waals surface area (Å²) in [6.45, 7) is 98.1. The quantitative estimate of drug-likeness (QED) is 0.187. The summed E-state index contributed by atoms with van der Waals surface area (Å²) in [5, 5.41) is 0. The van der Waals surface area contributed by atoms with E-state index in [1.165, 1.54) is 78.5 Å². The van der Waals surface area contributed by atoms with Crippen molar-refractivity contribution in [2.75, 3.05) is 78.5 Å². The molecule has 0 bridgehead atoms. The van der Waals surface area contributed by atoms with Gasteiger partial charge in [-0.3, -0.25) is 58.8 Å². The van der Waals surface area contributed by atoms with Crippen LogP contribution in [-0.2, 0) is 0 Å². The molecule has 0 N–H and O–H groups in total. The molecule has 0 saturated carbocycles. The summed E-state index contributed by atoms with van der Waals surface area (Å²) >= 11 is 0. The first-order valence-corrected chi connectivity index (χ1v) is 35.7. The van der Waals surface area contributed by atoms with Crippen molar-refractivity contribution < 1.29 is 0 Å². The van der Waals surface area contributed by atoms with E-state index in [1.807, 2.05) is 0 Å². The Morgan fingerprint density at radius 3 is 0.381 bits per heavy atom. The Morgan fingerprint density at radius 2 is 0.298 bits per heavy atom. The summed E-state index contributed by atoms with van der Waals surface area (Å²) in [6, 6.07) is 16.5. The molecule has 0 aromatic heterocycles. The van der Waals surface area contributed by atoms with E-state index in [0.29, 0.717) is 145 Å². The molecule has 0 amide bonds. The van der Waals surface area contributed by atoms with Gasteiger partial charge in [-0.15, -0.1) is 0 Å². The minimum absolute atomic E-state index is 0.675. The predicted molar refractivity (Wildman–Crippen MR) is 376 cm³/mol. The van der Waals surface area contributed by atoms with Crippen molar-refractivity contribution in [2.24, 2.45) is 0 Å². The van der Waals surface area contributed by atoms with Crippen LogP contribution in [0.1, 0.15) is 249 Å². The minimum Gasteiger partial charge on any atom is -0.298 e. The van der Waals surface area contributed by atoms with Gasteiger partial charge in [0.25, 0.3) is 0 Å². The fraction of sp³-hybridized carbons (Fsp3) is 1.00. The Morgan fingerprint density at radius 1 is 0.179 bits per heavy atom. The second kappa shape index (κ2) is 38.4. The lowest BCUT2D eigenvalue weighted by atomic mass is 10.0. The molecular formula is C72H156N12. The second-order valence-corrected chi connectivity index (χ2v) is 31.4. The molecule has 12 heteroatoms. The summed E-state index contributed by atoms with van der Waals surface area (Å²) in [5.74, 6) is 0. The van der Waals surface area contributed by atoms with Gasteiger partial charge in [-0.1, -0.05) is 0 Å². The van der Waals surface area contributed by atoms with Crippen molar-refractivity contribution in [3.63, 3.8) is 0 Å². The predicted octanol–water partition coefficient (Wildman–Crippen LogP) is 13.2. The number of hydrogen-bond acceptors (Lipinski definition) is 12. The molecule has 6 saturated heterocycles. The molecule has 0 aliphatic carbocycles. The van der Waals surface area contributed by atoms with E-state index in [-0.39, 0.29) is 0 Å². The largest absolute Gasteiger partial charge is 0.298 e. The smallest absolute Gasteiger partial charge is 0.0223 e. The zero-order valence-electron chi connectivity index (χ0n) is 63.7. The van der Waals surface area contributed by atoms with Gasteiger partial charge in [-0.25, -0.2) is 0 Å². The van der Waals surface area contributed by atoms with E-state index in [4.69, 9.17) is 0 Å². The molecule has 12 nitrogen and oxygen atoms in total. The fourth-order valence-corrected chi connectivity index (χ4v) is 16.6. The molecule has 12 atom stereocenters. The van der Waals surface area contributed by atoms with Gasteiger partial charge in [-0.2, -0.15) is 0 Å². The molecule has 0 aromatic carbocycles. The molecule has 84 heavy (non-hydrogen) atoms. The Bertz CT molecular complexity index is 1400. The highest BCUT2D eigenvalue weighted by Gasteiger charge is 2.37. The van der Waals surface area contributed by atoms with E-state index >= 15 is 0 Å². The monoisotopic (exact) mass is 1190 g/mol. The van der Waals surface area contributed by atoms with Crippen LogP contribution in [0.3, 0.4) is 0 Å². The molecule has 0 radical (unpaired) electrons. The van der Waals surface area contributed by atoms with Gasteiger partial charge in [0.1, 0.15) is 0 Å². The molecule has 0 unspecified atom stereocenters. The Labute approximate surface area is 529 Å². The Hall–Kier alpha value is -0.480. The number of hydrogen-bond donors (Lipinski definition) is 0. The van der Waals surface area contributed by atoms with Crippen molar-refractivity contribution in [1.29, 1.82) is 0 Å². The van der Waals surface area contributed by atoms with Gasteiger partial charge >= 0.3 is 0 Å². The van der Waals surface area contributed by atoms with Crippen molar-refractivity contribution in [3.8, 4) is 0 Å². The molecule has 504 valence electrons. The number of piperazine rings is 6. The van der Waals surface area contributed by atoms with E-state index < -0.39 is 0 Å². The van der Waals surface area contributed by atoms with Crippen LogP contribution < -0.4 is 0 Å². The standard InChI is InChI=1S/6C12H26N2/c4*1-9(2)13-7-11(5)14(10(3)4)12(6)8-13;2*1-9(2)13-7-8-14(10(3)4)12(6)11(13)5/h6*9-12H,7-8H2,1-6H3/t2*11-,12+;2*11-,12-;2*11-,12+/m..10../s1. The lowest BCUT2D eigenvalue weighted by Crippen LogP contribution is -2.60. The zero-order valence-corrected chi connectivity index (χ0v) is 63.7. The van der Waals surface area contributed by atoms with Crippen molar-refractivity contribution >= 4 is 0 Å². The van der Waals surface area contributed by atoms with Crippen molar-refractivity contribution in [1.82, 2.24) is 58.8 Å². The highest BCUT2D eigenvalue weighted by atomic mass is 15.4. The van der Waals surface area contributed by atoms with Crippen LogP contribution in [0.5, 0.6) is 0 Å². The molecular weight excluding hydrogens is 1030 g/mol. The van der Waals surface area contributed by atoms with Crippen LogP contribution in [0.25, 0.3) is 0 Å². The first kappa shape index (κ1) is 81.5. The van der Waals surface area contributed by atoms with E-state index in [2.05, 4.69) is 308 Å². The van der Waals surface area contributed by atoms with Crippen molar-refractivity contribution in [3.05, 3.63) is 0 Å². The fourth-order valence-electron chi connectivity index (χ4n) is 16.6. The molecule has 0 spiro atoms. The average molecular weight is 1190 g/mol. The van der Waals surface area contributed by atoms with Crippen LogP contribution in [0, 0.1) is 0 Å². The number of nitrogens with zero attached hydrogens (tertiary/aromatic N) is 12. The van der Waals surface area contributed by atoms with E-state index in [9.17, 15) is 0 Å². The SMILES string of the molecule is CC(C)N1CCN(C(C)C)[C@@H](C)[C@H]1C.CC(C)N1CCN(C(C)C)[C@@H](C)[C@H]1C.CC(C)N1C[C@@H](C)N(C(C)C)[C@@H](C)C1.CC(C)N1C[C@@H](C)N(C(C)C)[C@@H](C)C1.CC(C)N1C[C@@H](C)N(C(C)C)[C@H](C)C1.CC(C)N1C[C@H](C)N(C(C)C)[C@@H](C)C1. The second-order valence-electron chi connectivity index (χ2n) is 31.4. The van der Waals surface area contributed by atoms with Gasteiger partial charge in [0.2, 0.25) is 0 Å². The molecule has 6 aliphatic rings. The summed E-state index contributed by atoms with van der Waals surface area (Å²) in [7, 11) is 0. The van der Waals surface area contributed by atoms with Gasteiger partial charge < -0.3 is 0 Å². The maximum atomic E-state index is 2.64. The molecule has 0 aromatic rings. The normalized spacial score (nSPS) is 31.7. The molecule has 6 heterocycles. The highest BCUT2D eigenvalue weighted by Crippen LogP contribution is 2.26. The Balaban J connectivity index is 0.000000504. The molecule has 6 aliphatic heterocycles. The third kappa shape index (κ3) is 25.0. The maximum Gasteiger partial charge on any atom is 0.0223 e. The summed E-state index contributed by atoms with van der Waals surface area (Å²) in [6.07, 6.45) is 0. The van der Waals surface area contributed by atoms with Gasteiger partial charge in [0.15, 0.2) is 0 Å². The maximum absolute atomic E-state index is 2.64. The first-order valence-electron chi connectivity index (χ1n) is 35.7. The summed E-state index contributed by atoms with van der Waals surface area (Å²) < 4.78 is 0. The average Bonchev–Trinajstić information content (AvgIpc) is 3.53. The third-order valence-corrected chi connectivity index (χ3v) is 20.7. The van der Waals surface area contributed by atoms with Gasteiger partial charge in [-0.05, 0) is 249 Å². The van der Waals surface area contributed by atoms with Gasteiger partial charge in [0.05, 0.1) is 0 Å². The molecule has 6 fully saturated rings. The van der Waals surface area contributed by atoms with Crippen LogP contribution in [-0.4, -0.2) is 282 Å². The lowest BCUT2D eigenvalue weighted by molar-refractivity contribution is 0.00129. The lowest BCUT2D eigenvalue weighted by Gasteiger charge is -2.48. The first-order chi connectivity index (χ1) is 38.6. The Kier molecular flexibility index (Phi) is 37.3. The summed E-state index contributed by atoms with van der Waals surface area (Å²) in [5.41, 5.74) is 0. The topological polar surface area (TPSA) is 38.9 Å². The van der Waals surface area contributed by atoms with E-state index in [1.54, 1.807) is 0 Å². The van der Waals surface area contributed by atoms with Crippen LogP contribution in [0.4, 0.5) is 0 Å². The minimum atomic E-state index is 0.675. The molecule has 6 rings (SSSR count). The van der Waals surface area contributed by atoms with Crippen molar-refractivity contribution in [2.45, 2.75) is 394 Å². The third-order valence-electron chi connectivity index (χ3n) is 20.7. The zero-order chi connectivity index (χ0) is 65.3. The van der Waals surface area contributed by atoms with Crippen LogP contribution in [0.15, 0.2) is 0 Å². The van der Waals surface area contributed by atoms with Gasteiger partial charge in [0, 0.05) is 224 Å². The van der Waals surface area contributed by atoms with Crippen LogP contribution >= 0.6 is 0 Å². The highest BCUT2D eigenvalue weighted by molar-refractivity contribution is 4.94. The van der Waals surface area contributed by atoms with Crippen LogP contribution in [0.2, 0.25) is 0 Å². The number of rotatable bonds is 12. The van der Waals surface area contributed by atoms with E-state index in [0.717, 1.165) is 0 Å². The summed E-state index contributed by atoms with van der Waals surface area (Å²) in [4.78, 5) is 31.4.